The lowest BCUT2D eigenvalue weighted by Crippen LogP contribution is -2.08. The van der Waals surface area contributed by atoms with Crippen LogP contribution in [0, 0.1) is 5.82 Å². The minimum atomic E-state index is -0.529. The average Bonchev–Trinajstić information content (AvgIpc) is 2.43. The number of nitrogen functional groups attached to an aromatic ring is 1. The largest absolute Gasteiger partial charge is 0.461 e. The molecule has 0 fully saturated rings. The van der Waals surface area contributed by atoms with Crippen LogP contribution in [-0.2, 0) is 22.6 Å². The van der Waals surface area contributed by atoms with Gasteiger partial charge < -0.3 is 10.5 Å². The molecule has 5 heteroatoms. The third kappa shape index (κ3) is 3.96. The molecule has 0 aliphatic carbocycles. The van der Waals surface area contributed by atoms with Crippen molar-refractivity contribution in [1.82, 2.24) is 0 Å². The van der Waals surface area contributed by atoms with Crippen LogP contribution >= 0.6 is 11.6 Å². The van der Waals surface area contributed by atoms with E-state index in [0.717, 1.165) is 5.56 Å². The second-order valence-electron chi connectivity index (χ2n) is 4.33. The van der Waals surface area contributed by atoms with Gasteiger partial charge in [-0.15, -0.1) is 0 Å². The lowest BCUT2D eigenvalue weighted by molar-refractivity contribution is -0.144. The van der Waals surface area contributed by atoms with Crippen LogP contribution in [0.3, 0.4) is 0 Å². The maximum atomic E-state index is 13.2. The topological polar surface area (TPSA) is 52.3 Å². The molecule has 0 heterocycles. The summed E-state index contributed by atoms with van der Waals surface area (Å²) in [6.07, 6.45) is 0.149. The predicted octanol–water partition coefficient (Wildman–Crippen LogP) is 3.35. The van der Waals surface area contributed by atoms with E-state index in [9.17, 15) is 9.18 Å². The van der Waals surface area contributed by atoms with Crippen LogP contribution in [0.4, 0.5) is 10.1 Å². The zero-order valence-electron chi connectivity index (χ0n) is 10.6. The summed E-state index contributed by atoms with van der Waals surface area (Å²) in [6.45, 7) is 0.0158. The van der Waals surface area contributed by atoms with Crippen molar-refractivity contribution in [2.45, 2.75) is 13.0 Å². The lowest BCUT2D eigenvalue weighted by atomic mass is 10.1. The van der Waals surface area contributed by atoms with E-state index in [1.165, 1.54) is 12.1 Å². The van der Waals surface area contributed by atoms with Crippen molar-refractivity contribution in [2.24, 2.45) is 0 Å². The summed E-state index contributed by atoms with van der Waals surface area (Å²) >= 11 is 5.57. The molecule has 2 aromatic rings. The summed E-state index contributed by atoms with van der Waals surface area (Å²) in [4.78, 5) is 11.6. The zero-order chi connectivity index (χ0) is 14.5. The third-order valence-corrected chi connectivity index (χ3v) is 3.02. The van der Waals surface area contributed by atoms with E-state index in [1.807, 2.05) is 0 Å². The van der Waals surface area contributed by atoms with Gasteiger partial charge >= 0.3 is 5.97 Å². The van der Waals surface area contributed by atoms with Crippen LogP contribution in [0.1, 0.15) is 11.1 Å². The molecular weight excluding hydrogens is 281 g/mol. The van der Waals surface area contributed by atoms with Gasteiger partial charge in [0.25, 0.3) is 0 Å². The molecule has 2 rings (SSSR count). The van der Waals surface area contributed by atoms with Crippen molar-refractivity contribution in [3.05, 3.63) is 64.4 Å². The van der Waals surface area contributed by atoms with Crippen molar-refractivity contribution in [1.29, 1.82) is 0 Å². The fourth-order valence-corrected chi connectivity index (χ4v) is 1.76. The highest BCUT2D eigenvalue weighted by molar-refractivity contribution is 6.30. The molecule has 0 saturated carbocycles. The standard InChI is InChI=1S/C15H13ClFNO2/c16-13-6-3-11(7-14(13)17)9-20-15(19)8-10-1-4-12(18)5-2-10/h1-7H,8-9,18H2. The summed E-state index contributed by atoms with van der Waals surface area (Å²) in [5, 5.41) is 0.0435. The van der Waals surface area contributed by atoms with Gasteiger partial charge in [0.15, 0.2) is 0 Å². The Labute approximate surface area is 121 Å². The minimum absolute atomic E-state index is 0.0158. The number of carbonyl (C=O) groups excluding carboxylic acids is 1. The van der Waals surface area contributed by atoms with Crippen LogP contribution in [0.5, 0.6) is 0 Å². The first-order valence-corrected chi connectivity index (χ1v) is 6.36. The molecule has 0 bridgehead atoms. The van der Waals surface area contributed by atoms with Gasteiger partial charge in [-0.2, -0.15) is 0 Å². The second kappa shape index (κ2) is 6.39. The van der Waals surface area contributed by atoms with Crippen LogP contribution in [0.25, 0.3) is 0 Å². The molecule has 0 saturated heterocycles. The first-order valence-electron chi connectivity index (χ1n) is 5.98. The van der Waals surface area contributed by atoms with E-state index in [2.05, 4.69) is 0 Å². The summed E-state index contributed by atoms with van der Waals surface area (Å²) in [6, 6.07) is 11.3. The van der Waals surface area contributed by atoms with Gasteiger partial charge in [-0.1, -0.05) is 29.8 Å². The van der Waals surface area contributed by atoms with Crippen LogP contribution in [-0.4, -0.2) is 5.97 Å². The molecule has 0 aliphatic rings. The zero-order valence-corrected chi connectivity index (χ0v) is 11.4. The Morgan fingerprint density at radius 1 is 1.15 bits per heavy atom. The van der Waals surface area contributed by atoms with Crippen molar-refractivity contribution in [3.63, 3.8) is 0 Å². The normalized spacial score (nSPS) is 10.3. The smallest absolute Gasteiger partial charge is 0.310 e. The molecule has 104 valence electrons. The number of benzene rings is 2. The van der Waals surface area contributed by atoms with E-state index >= 15 is 0 Å². The van der Waals surface area contributed by atoms with E-state index < -0.39 is 5.82 Å². The maximum Gasteiger partial charge on any atom is 0.310 e. The lowest BCUT2D eigenvalue weighted by Gasteiger charge is -2.06. The first-order chi connectivity index (χ1) is 9.54. The number of nitrogens with two attached hydrogens (primary N) is 1. The molecule has 0 atom stereocenters. The van der Waals surface area contributed by atoms with E-state index in [0.29, 0.717) is 11.3 Å². The highest BCUT2D eigenvalue weighted by atomic mass is 35.5. The average molecular weight is 294 g/mol. The Morgan fingerprint density at radius 2 is 1.80 bits per heavy atom. The van der Waals surface area contributed by atoms with E-state index in [1.54, 1.807) is 30.3 Å². The number of anilines is 1. The SMILES string of the molecule is Nc1ccc(CC(=O)OCc2ccc(Cl)c(F)c2)cc1. The Bertz CT molecular complexity index is 614. The molecule has 2 aromatic carbocycles. The van der Waals surface area contributed by atoms with Crippen molar-refractivity contribution < 1.29 is 13.9 Å². The van der Waals surface area contributed by atoms with Crippen molar-refractivity contribution in [2.75, 3.05) is 5.73 Å². The van der Waals surface area contributed by atoms with Gasteiger partial charge in [0.05, 0.1) is 11.4 Å². The number of esters is 1. The van der Waals surface area contributed by atoms with Gasteiger partial charge in [0.2, 0.25) is 0 Å². The summed E-state index contributed by atoms with van der Waals surface area (Å²) in [7, 11) is 0. The van der Waals surface area contributed by atoms with E-state index in [4.69, 9.17) is 22.1 Å². The number of halogens is 2. The number of hydrogen-bond donors (Lipinski definition) is 1. The van der Waals surface area contributed by atoms with E-state index in [-0.39, 0.29) is 24.0 Å². The molecule has 2 N–H and O–H groups in total. The fraction of sp³-hybridized carbons (Fsp3) is 0.133. The van der Waals surface area contributed by atoms with Crippen molar-refractivity contribution >= 4 is 23.3 Å². The molecule has 0 spiro atoms. The first kappa shape index (κ1) is 14.3. The van der Waals surface area contributed by atoms with Gasteiger partial charge in [-0.05, 0) is 35.4 Å². The molecule has 0 unspecified atom stereocenters. The summed E-state index contributed by atoms with van der Waals surface area (Å²) in [5.41, 5.74) is 7.56. The van der Waals surface area contributed by atoms with Crippen molar-refractivity contribution in [3.8, 4) is 0 Å². The molecule has 0 amide bonds. The molecule has 3 nitrogen and oxygen atoms in total. The predicted molar refractivity (Wildman–Crippen MR) is 75.8 cm³/mol. The molecule has 20 heavy (non-hydrogen) atoms. The van der Waals surface area contributed by atoms with Crippen LogP contribution in [0.2, 0.25) is 5.02 Å². The highest BCUT2D eigenvalue weighted by Crippen LogP contribution is 2.16. The monoisotopic (exact) mass is 293 g/mol. The minimum Gasteiger partial charge on any atom is -0.461 e. The Kier molecular flexibility index (Phi) is 4.58. The second-order valence-corrected chi connectivity index (χ2v) is 4.73. The Balaban J connectivity index is 1.88. The molecular formula is C15H13ClFNO2. The van der Waals surface area contributed by atoms with Crippen LogP contribution < -0.4 is 5.73 Å². The molecule has 0 radical (unpaired) electrons. The molecule has 0 aromatic heterocycles. The maximum absolute atomic E-state index is 13.2. The Hall–Kier alpha value is -2.07. The van der Waals surface area contributed by atoms with Gasteiger partial charge in [0, 0.05) is 5.69 Å². The Morgan fingerprint density at radius 3 is 2.45 bits per heavy atom. The summed E-state index contributed by atoms with van der Waals surface area (Å²) < 4.78 is 18.3. The highest BCUT2D eigenvalue weighted by Gasteiger charge is 2.07. The fourth-order valence-electron chi connectivity index (χ4n) is 1.65. The molecule has 0 aliphatic heterocycles. The number of hydrogen-bond acceptors (Lipinski definition) is 3. The number of carbonyl (C=O) groups is 1. The van der Waals surface area contributed by atoms with Crippen LogP contribution in [0.15, 0.2) is 42.5 Å². The third-order valence-electron chi connectivity index (χ3n) is 2.71. The van der Waals surface area contributed by atoms with Gasteiger partial charge in [-0.3, -0.25) is 4.79 Å². The van der Waals surface area contributed by atoms with Gasteiger partial charge in [0.1, 0.15) is 12.4 Å². The quantitative estimate of drug-likeness (QED) is 0.695. The summed E-state index contributed by atoms with van der Waals surface area (Å²) in [5.74, 6) is -0.913. The van der Waals surface area contributed by atoms with Gasteiger partial charge in [-0.25, -0.2) is 4.39 Å². The number of ether oxygens (including phenoxy) is 1. The number of rotatable bonds is 4.